The summed E-state index contributed by atoms with van der Waals surface area (Å²) in [4.78, 5) is 6.95. The quantitative estimate of drug-likeness (QED) is 0.557. The summed E-state index contributed by atoms with van der Waals surface area (Å²) in [6, 6.07) is 6.05. The van der Waals surface area contributed by atoms with E-state index >= 15 is 0 Å². The molecule has 1 aromatic rings. The Labute approximate surface area is 170 Å². The predicted octanol–water partition coefficient (Wildman–Crippen LogP) is 3.14. The van der Waals surface area contributed by atoms with Crippen molar-refractivity contribution < 1.29 is 17.9 Å². The molecule has 0 radical (unpaired) electrons. The van der Waals surface area contributed by atoms with Crippen LogP contribution in [0.3, 0.4) is 0 Å². The number of ether oxygens (including phenoxy) is 1. The first-order valence-electron chi connectivity index (χ1n) is 10.4. The molecule has 2 aliphatic rings. The van der Waals surface area contributed by atoms with Crippen LogP contribution in [-0.2, 0) is 16.3 Å². The summed E-state index contributed by atoms with van der Waals surface area (Å²) in [5.41, 5.74) is 5.63. The molecule has 0 saturated carbocycles. The zero-order chi connectivity index (χ0) is 20.9. The maximum Gasteiger partial charge on any atom is 0.416 e. The zero-order valence-corrected chi connectivity index (χ0v) is 17.0. The van der Waals surface area contributed by atoms with Gasteiger partial charge < -0.3 is 15.8 Å². The number of likely N-dealkylation sites (tertiary alicyclic amines) is 1. The van der Waals surface area contributed by atoms with Gasteiger partial charge in [0.05, 0.1) is 12.1 Å². The van der Waals surface area contributed by atoms with Gasteiger partial charge >= 0.3 is 6.18 Å². The van der Waals surface area contributed by atoms with Crippen LogP contribution >= 0.6 is 0 Å². The highest BCUT2D eigenvalue weighted by atomic mass is 19.4. The molecule has 1 unspecified atom stereocenters. The molecule has 0 spiro atoms. The molecule has 2 fully saturated rings. The third-order valence-electron chi connectivity index (χ3n) is 6.23. The molecule has 3 rings (SSSR count). The van der Waals surface area contributed by atoms with E-state index in [-0.39, 0.29) is 0 Å². The monoisotopic (exact) mass is 412 g/mol. The fourth-order valence-electron chi connectivity index (χ4n) is 4.38. The van der Waals surface area contributed by atoms with Gasteiger partial charge in [-0.05, 0) is 50.4 Å². The maximum atomic E-state index is 13.2. The van der Waals surface area contributed by atoms with E-state index in [1.54, 1.807) is 6.07 Å². The second-order valence-electron chi connectivity index (χ2n) is 7.98. The molecule has 3 N–H and O–H groups in total. The summed E-state index contributed by atoms with van der Waals surface area (Å²) in [5, 5.41) is 3.21. The molecular weight excluding hydrogens is 381 g/mol. The second kappa shape index (κ2) is 9.34. The third-order valence-corrected chi connectivity index (χ3v) is 6.23. The van der Waals surface area contributed by atoms with Crippen LogP contribution in [-0.4, -0.2) is 56.3 Å². The Kier molecular flexibility index (Phi) is 7.05. The number of nitrogens with one attached hydrogen (secondary N) is 1. The van der Waals surface area contributed by atoms with E-state index < -0.39 is 17.2 Å². The van der Waals surface area contributed by atoms with Crippen molar-refractivity contribution in [2.45, 2.75) is 50.2 Å². The standard InChI is InChI=1S/C21H31F3N4O/c1-2-28-10-4-7-18(28)14-26-19(25)27-15-20(8-11-29-12-9-20)16-5-3-6-17(13-16)21(22,23)24/h3,5-6,13,18H,2,4,7-12,14-15H2,1H3,(H3,25,26,27). The third kappa shape index (κ3) is 5.42. The molecule has 1 aromatic carbocycles. The van der Waals surface area contributed by atoms with E-state index in [0.717, 1.165) is 32.1 Å². The van der Waals surface area contributed by atoms with Gasteiger partial charge in [0.1, 0.15) is 0 Å². The number of likely N-dealkylation sites (N-methyl/N-ethyl adjacent to an activating group) is 1. The molecule has 2 saturated heterocycles. The van der Waals surface area contributed by atoms with E-state index in [4.69, 9.17) is 10.5 Å². The molecule has 29 heavy (non-hydrogen) atoms. The van der Waals surface area contributed by atoms with Crippen molar-refractivity contribution in [2.24, 2.45) is 10.7 Å². The summed E-state index contributed by atoms with van der Waals surface area (Å²) in [7, 11) is 0. The number of rotatable bonds is 6. The lowest BCUT2D eigenvalue weighted by molar-refractivity contribution is -0.137. The summed E-state index contributed by atoms with van der Waals surface area (Å²) < 4.78 is 45.1. The fourth-order valence-corrected chi connectivity index (χ4v) is 4.38. The van der Waals surface area contributed by atoms with E-state index in [2.05, 4.69) is 22.1 Å². The predicted molar refractivity (Wildman–Crippen MR) is 108 cm³/mol. The van der Waals surface area contributed by atoms with Crippen molar-refractivity contribution in [2.75, 3.05) is 39.4 Å². The van der Waals surface area contributed by atoms with Crippen LogP contribution in [0.15, 0.2) is 29.3 Å². The maximum absolute atomic E-state index is 13.2. The number of guanidine groups is 1. The van der Waals surface area contributed by atoms with E-state index in [9.17, 15) is 13.2 Å². The molecule has 5 nitrogen and oxygen atoms in total. The minimum atomic E-state index is -4.36. The SMILES string of the molecule is CCN1CCCC1CNC(N)=NCC1(c2cccc(C(F)(F)F)c2)CCOCC1. The van der Waals surface area contributed by atoms with Crippen LogP contribution in [0.2, 0.25) is 0 Å². The Balaban J connectivity index is 1.71. The van der Waals surface area contributed by atoms with Crippen molar-refractivity contribution in [1.82, 2.24) is 10.2 Å². The van der Waals surface area contributed by atoms with Gasteiger partial charge in [-0.3, -0.25) is 9.89 Å². The Morgan fingerprint density at radius 3 is 2.79 bits per heavy atom. The van der Waals surface area contributed by atoms with E-state index in [0.29, 0.717) is 50.2 Å². The lowest BCUT2D eigenvalue weighted by atomic mass is 9.74. The van der Waals surface area contributed by atoms with Gasteiger partial charge in [-0.2, -0.15) is 13.2 Å². The lowest BCUT2D eigenvalue weighted by Gasteiger charge is -2.37. The Morgan fingerprint density at radius 1 is 1.34 bits per heavy atom. The van der Waals surface area contributed by atoms with Crippen LogP contribution in [0.4, 0.5) is 13.2 Å². The van der Waals surface area contributed by atoms with Gasteiger partial charge in [0.25, 0.3) is 0 Å². The topological polar surface area (TPSA) is 62.9 Å². The van der Waals surface area contributed by atoms with Crippen LogP contribution < -0.4 is 11.1 Å². The summed E-state index contributed by atoms with van der Waals surface area (Å²) >= 11 is 0. The number of aliphatic imine (C=N–C) groups is 1. The molecule has 0 aromatic heterocycles. The van der Waals surface area contributed by atoms with Gasteiger partial charge in [0, 0.05) is 31.2 Å². The molecule has 162 valence electrons. The van der Waals surface area contributed by atoms with Crippen LogP contribution in [0, 0.1) is 0 Å². The molecule has 0 aliphatic carbocycles. The molecule has 1 atom stereocenters. The number of nitrogens with two attached hydrogens (primary N) is 1. The fraction of sp³-hybridized carbons (Fsp3) is 0.667. The molecule has 0 bridgehead atoms. The highest BCUT2D eigenvalue weighted by molar-refractivity contribution is 5.77. The largest absolute Gasteiger partial charge is 0.416 e. The molecule has 0 amide bonds. The highest BCUT2D eigenvalue weighted by Gasteiger charge is 2.37. The van der Waals surface area contributed by atoms with Crippen LogP contribution in [0.25, 0.3) is 0 Å². The molecule has 2 heterocycles. The average molecular weight is 413 g/mol. The van der Waals surface area contributed by atoms with Crippen molar-refractivity contribution in [1.29, 1.82) is 0 Å². The minimum absolute atomic E-state index is 0.346. The first-order valence-corrected chi connectivity index (χ1v) is 10.4. The highest BCUT2D eigenvalue weighted by Crippen LogP contribution is 2.38. The summed E-state index contributed by atoms with van der Waals surface area (Å²) in [5.74, 6) is 0.353. The minimum Gasteiger partial charge on any atom is -0.381 e. The number of hydrogen-bond acceptors (Lipinski definition) is 3. The van der Waals surface area contributed by atoms with Crippen molar-refractivity contribution in [3.8, 4) is 0 Å². The Hall–Kier alpha value is -1.80. The van der Waals surface area contributed by atoms with Gasteiger partial charge in [-0.15, -0.1) is 0 Å². The van der Waals surface area contributed by atoms with Gasteiger partial charge in [-0.1, -0.05) is 25.1 Å². The summed E-state index contributed by atoms with van der Waals surface area (Å²) in [6.07, 6.45) is -0.789. The van der Waals surface area contributed by atoms with Gasteiger partial charge in [0.15, 0.2) is 5.96 Å². The number of benzene rings is 1. The number of nitrogens with zero attached hydrogens (tertiary/aromatic N) is 2. The smallest absolute Gasteiger partial charge is 0.381 e. The van der Waals surface area contributed by atoms with Crippen LogP contribution in [0.1, 0.15) is 43.7 Å². The van der Waals surface area contributed by atoms with Gasteiger partial charge in [-0.25, -0.2) is 0 Å². The molecule has 2 aliphatic heterocycles. The normalized spacial score (nSPS) is 23.3. The van der Waals surface area contributed by atoms with E-state index in [1.165, 1.54) is 18.6 Å². The van der Waals surface area contributed by atoms with Crippen molar-refractivity contribution in [3.63, 3.8) is 0 Å². The van der Waals surface area contributed by atoms with E-state index in [1.807, 2.05) is 0 Å². The lowest BCUT2D eigenvalue weighted by Crippen LogP contribution is -2.44. The van der Waals surface area contributed by atoms with Crippen molar-refractivity contribution in [3.05, 3.63) is 35.4 Å². The number of halogens is 3. The second-order valence-corrected chi connectivity index (χ2v) is 7.98. The first-order chi connectivity index (χ1) is 13.8. The number of alkyl halides is 3. The molecular formula is C21H31F3N4O. The first kappa shape index (κ1) is 21.9. The Bertz CT molecular complexity index is 701. The number of hydrogen-bond donors (Lipinski definition) is 2. The van der Waals surface area contributed by atoms with Gasteiger partial charge in [0.2, 0.25) is 0 Å². The van der Waals surface area contributed by atoms with Crippen LogP contribution in [0.5, 0.6) is 0 Å². The zero-order valence-electron chi connectivity index (χ0n) is 17.0. The summed E-state index contributed by atoms with van der Waals surface area (Å²) in [6.45, 7) is 6.38. The van der Waals surface area contributed by atoms with Crippen molar-refractivity contribution >= 4 is 5.96 Å². The molecule has 8 heteroatoms. The Morgan fingerprint density at radius 2 is 2.10 bits per heavy atom. The average Bonchev–Trinajstić information content (AvgIpc) is 3.18.